The molecule has 0 bridgehead atoms. The van der Waals surface area contributed by atoms with E-state index in [0.717, 1.165) is 41.3 Å². The van der Waals surface area contributed by atoms with Gasteiger partial charge in [0.05, 0.1) is 5.69 Å². The molecule has 1 saturated heterocycles. The maximum absolute atomic E-state index is 12.7. The van der Waals surface area contributed by atoms with Crippen molar-refractivity contribution in [2.45, 2.75) is 33.1 Å². The van der Waals surface area contributed by atoms with Gasteiger partial charge in [0.15, 0.2) is 0 Å². The van der Waals surface area contributed by atoms with Gasteiger partial charge in [-0.1, -0.05) is 0 Å². The van der Waals surface area contributed by atoms with Crippen LogP contribution in [0.2, 0.25) is 0 Å². The summed E-state index contributed by atoms with van der Waals surface area (Å²) >= 11 is 0. The first-order valence-corrected chi connectivity index (χ1v) is 9.94. The number of H-pyrrole nitrogens is 2. The van der Waals surface area contributed by atoms with Crippen LogP contribution in [0.3, 0.4) is 0 Å². The molecule has 0 atom stereocenters. The van der Waals surface area contributed by atoms with Gasteiger partial charge in [-0.3, -0.25) is 14.7 Å². The van der Waals surface area contributed by atoms with E-state index in [1.165, 1.54) is 19.3 Å². The number of piperidine rings is 1. The summed E-state index contributed by atoms with van der Waals surface area (Å²) in [5.74, 6) is -0.307. The van der Waals surface area contributed by atoms with Gasteiger partial charge in [-0.2, -0.15) is 5.10 Å². The summed E-state index contributed by atoms with van der Waals surface area (Å²) in [6.45, 7) is 5.93. The van der Waals surface area contributed by atoms with Crippen LogP contribution in [0.25, 0.3) is 11.1 Å². The number of benzene rings is 1. The first-order valence-electron chi connectivity index (χ1n) is 9.94. The zero-order chi connectivity index (χ0) is 20.4. The highest BCUT2D eigenvalue weighted by molar-refractivity contribution is 6.04. The molecule has 29 heavy (non-hydrogen) atoms. The number of amides is 1. The third-order valence-electron chi connectivity index (χ3n) is 5.42. The monoisotopic (exact) mass is 391 g/mol. The van der Waals surface area contributed by atoms with Gasteiger partial charge in [0.1, 0.15) is 5.69 Å². The number of nitrogens with one attached hydrogen (secondary N) is 3. The molecular weight excluding hydrogens is 366 g/mol. The molecule has 1 aliphatic heterocycles. The van der Waals surface area contributed by atoms with E-state index in [2.05, 4.69) is 25.4 Å². The Kier molecular flexibility index (Phi) is 5.20. The second kappa shape index (κ2) is 7.95. The summed E-state index contributed by atoms with van der Waals surface area (Å²) in [6, 6.07) is 9.24. The van der Waals surface area contributed by atoms with E-state index >= 15 is 0 Å². The van der Waals surface area contributed by atoms with Crippen LogP contribution in [0.4, 0.5) is 11.4 Å². The lowest BCUT2D eigenvalue weighted by atomic mass is 10.1. The zero-order valence-corrected chi connectivity index (χ0v) is 16.7. The maximum Gasteiger partial charge on any atom is 0.271 e. The number of aryl methyl sites for hydroxylation is 2. The van der Waals surface area contributed by atoms with Gasteiger partial charge in [-0.25, -0.2) is 0 Å². The van der Waals surface area contributed by atoms with Gasteiger partial charge in [-0.15, -0.1) is 0 Å². The molecule has 1 amide bonds. The van der Waals surface area contributed by atoms with Crippen LogP contribution in [0.15, 0.2) is 41.3 Å². The summed E-state index contributed by atoms with van der Waals surface area (Å²) in [5.41, 5.74) is 4.98. The number of anilines is 2. The van der Waals surface area contributed by atoms with Gasteiger partial charge in [-0.05, 0) is 63.4 Å². The molecule has 1 aromatic carbocycles. The zero-order valence-electron chi connectivity index (χ0n) is 16.7. The van der Waals surface area contributed by atoms with Gasteiger partial charge in [0.2, 0.25) is 0 Å². The first-order chi connectivity index (χ1) is 14.0. The fourth-order valence-corrected chi connectivity index (χ4v) is 3.87. The Bertz CT molecular complexity index is 1060. The summed E-state index contributed by atoms with van der Waals surface area (Å²) in [7, 11) is 0. The lowest BCUT2D eigenvalue weighted by Gasteiger charge is -2.28. The summed E-state index contributed by atoms with van der Waals surface area (Å²) in [4.78, 5) is 30.0. The molecule has 3 N–H and O–H groups in total. The molecule has 3 heterocycles. The van der Waals surface area contributed by atoms with E-state index in [9.17, 15) is 9.59 Å². The second-order valence-corrected chi connectivity index (χ2v) is 7.49. The molecule has 1 fully saturated rings. The van der Waals surface area contributed by atoms with E-state index in [0.29, 0.717) is 5.56 Å². The molecule has 7 nitrogen and oxygen atoms in total. The number of rotatable bonds is 4. The molecule has 0 radical (unpaired) electrons. The van der Waals surface area contributed by atoms with Crippen LogP contribution in [0.1, 0.15) is 41.0 Å². The topological polar surface area (TPSA) is 93.9 Å². The summed E-state index contributed by atoms with van der Waals surface area (Å²) in [6.07, 6.45) is 5.33. The summed E-state index contributed by atoms with van der Waals surface area (Å²) in [5, 5.41) is 9.87. The van der Waals surface area contributed by atoms with Crippen molar-refractivity contribution in [3.8, 4) is 11.1 Å². The number of nitrogens with zero attached hydrogens (tertiary/aromatic N) is 2. The van der Waals surface area contributed by atoms with E-state index in [1.807, 2.05) is 38.1 Å². The van der Waals surface area contributed by atoms with E-state index < -0.39 is 0 Å². The lowest BCUT2D eigenvalue weighted by molar-refractivity contribution is 0.102. The second-order valence-electron chi connectivity index (χ2n) is 7.49. The molecule has 0 unspecified atom stereocenters. The Hall–Kier alpha value is -3.35. The van der Waals surface area contributed by atoms with Crippen molar-refractivity contribution in [1.29, 1.82) is 0 Å². The van der Waals surface area contributed by atoms with Crippen LogP contribution >= 0.6 is 0 Å². The van der Waals surface area contributed by atoms with Gasteiger partial charge in [0, 0.05) is 47.4 Å². The Morgan fingerprint density at radius 1 is 1.10 bits per heavy atom. The summed E-state index contributed by atoms with van der Waals surface area (Å²) < 4.78 is 0. The predicted octanol–water partition coefficient (Wildman–Crippen LogP) is 3.62. The molecule has 150 valence electrons. The van der Waals surface area contributed by atoms with Crippen LogP contribution in [-0.4, -0.2) is 34.2 Å². The Labute approximate surface area is 169 Å². The minimum Gasteiger partial charge on any atom is -0.372 e. The fourth-order valence-electron chi connectivity index (χ4n) is 3.87. The number of carbonyl (C=O) groups is 1. The highest BCUT2D eigenvalue weighted by Gasteiger charge is 2.15. The van der Waals surface area contributed by atoms with Gasteiger partial charge < -0.3 is 15.2 Å². The van der Waals surface area contributed by atoms with Gasteiger partial charge >= 0.3 is 0 Å². The van der Waals surface area contributed by atoms with Crippen LogP contribution in [0, 0.1) is 13.8 Å². The van der Waals surface area contributed by atoms with Crippen molar-refractivity contribution in [3.05, 3.63) is 63.8 Å². The largest absolute Gasteiger partial charge is 0.372 e. The quantitative estimate of drug-likeness (QED) is 0.633. The minimum atomic E-state index is -0.342. The Morgan fingerprint density at radius 3 is 2.48 bits per heavy atom. The number of pyridine rings is 1. The predicted molar refractivity (Wildman–Crippen MR) is 115 cm³/mol. The van der Waals surface area contributed by atoms with E-state index in [4.69, 9.17) is 0 Å². The average molecular weight is 391 g/mol. The third-order valence-corrected chi connectivity index (χ3v) is 5.42. The van der Waals surface area contributed by atoms with Crippen molar-refractivity contribution in [1.82, 2.24) is 15.2 Å². The van der Waals surface area contributed by atoms with Crippen LogP contribution in [0.5, 0.6) is 0 Å². The van der Waals surface area contributed by atoms with Crippen molar-refractivity contribution in [2.75, 3.05) is 23.3 Å². The fraction of sp³-hybridized carbons (Fsp3) is 0.318. The first kappa shape index (κ1) is 19.0. The molecule has 4 rings (SSSR count). The SMILES string of the molecule is Cc1n[nH]c(C)c1-c1c[nH]c(=O)c(NC(=O)c2ccc(N3CCCCC3)cc2)c1. The van der Waals surface area contributed by atoms with Crippen molar-refractivity contribution in [2.24, 2.45) is 0 Å². The number of aromatic nitrogens is 3. The van der Waals surface area contributed by atoms with E-state index in [1.54, 1.807) is 12.3 Å². The minimum absolute atomic E-state index is 0.215. The lowest BCUT2D eigenvalue weighted by Crippen LogP contribution is -2.29. The normalized spacial score (nSPS) is 14.1. The van der Waals surface area contributed by atoms with Crippen LogP contribution in [-0.2, 0) is 0 Å². The standard InChI is InChI=1S/C22H25N5O2/c1-14-20(15(2)26-25-14)17-12-19(22(29)23-13-17)24-21(28)16-6-8-18(9-7-16)27-10-4-3-5-11-27/h6-9,12-13H,3-5,10-11H2,1-2H3,(H,23,29)(H,24,28)(H,25,26). The number of carbonyl (C=O) groups excluding carboxylic acids is 1. The molecule has 7 heteroatoms. The van der Waals surface area contributed by atoms with Crippen molar-refractivity contribution in [3.63, 3.8) is 0 Å². The molecule has 1 aliphatic rings. The molecule has 0 spiro atoms. The molecule has 0 saturated carbocycles. The molecular formula is C22H25N5O2. The highest BCUT2D eigenvalue weighted by Crippen LogP contribution is 2.26. The number of aromatic amines is 2. The average Bonchev–Trinajstić information content (AvgIpc) is 3.08. The van der Waals surface area contributed by atoms with Crippen molar-refractivity contribution >= 4 is 17.3 Å². The number of hydrogen-bond acceptors (Lipinski definition) is 4. The third kappa shape index (κ3) is 3.94. The van der Waals surface area contributed by atoms with Crippen molar-refractivity contribution < 1.29 is 4.79 Å². The molecule has 0 aliphatic carbocycles. The highest BCUT2D eigenvalue weighted by atomic mass is 16.2. The Morgan fingerprint density at radius 2 is 1.83 bits per heavy atom. The maximum atomic E-state index is 12.7. The molecule has 3 aromatic rings. The Balaban J connectivity index is 1.54. The number of hydrogen-bond donors (Lipinski definition) is 3. The van der Waals surface area contributed by atoms with E-state index in [-0.39, 0.29) is 17.2 Å². The molecule has 2 aromatic heterocycles. The smallest absolute Gasteiger partial charge is 0.271 e. The van der Waals surface area contributed by atoms with Crippen LogP contribution < -0.4 is 15.8 Å². The van der Waals surface area contributed by atoms with Gasteiger partial charge in [0.25, 0.3) is 11.5 Å².